The van der Waals surface area contributed by atoms with Gasteiger partial charge in [-0.15, -0.1) is 0 Å². The van der Waals surface area contributed by atoms with E-state index in [1.165, 1.54) is 24.3 Å². The third-order valence-corrected chi connectivity index (χ3v) is 11.8. The molecule has 1 fully saturated rings. The van der Waals surface area contributed by atoms with Crippen molar-refractivity contribution in [2.75, 3.05) is 26.3 Å². The number of halogens is 1. The Labute approximate surface area is 312 Å². The summed E-state index contributed by atoms with van der Waals surface area (Å²) in [5, 5.41) is 21.5. The molecule has 10 nitrogen and oxygen atoms in total. The number of sulfonamides is 1. The molecule has 0 aliphatic carbocycles. The SMILES string of the molecule is N[C@H](CO)CCN1[C@H](COC(c2ccccc2)(c2ccccc2)c2ccccc2)[C@H](c2ccc(Br)cc2)[C@@H]1CNS(=O)(=O)c1ccccc1[N+](=O)[O-]. The van der Waals surface area contributed by atoms with Crippen LogP contribution in [0.15, 0.2) is 149 Å². The van der Waals surface area contributed by atoms with E-state index in [0.717, 1.165) is 26.7 Å². The number of nitro groups is 1. The van der Waals surface area contributed by atoms with Crippen LogP contribution >= 0.6 is 15.9 Å². The summed E-state index contributed by atoms with van der Waals surface area (Å²) in [6.07, 6.45) is 0.453. The highest BCUT2D eigenvalue weighted by Gasteiger charge is 2.50. The van der Waals surface area contributed by atoms with Crippen LogP contribution in [0.3, 0.4) is 0 Å². The topological polar surface area (TPSA) is 148 Å². The first-order valence-corrected chi connectivity index (χ1v) is 19.3. The Morgan fingerprint density at radius 2 is 1.35 bits per heavy atom. The first kappa shape index (κ1) is 37.5. The quantitative estimate of drug-likeness (QED) is 0.0610. The van der Waals surface area contributed by atoms with Gasteiger partial charge in [-0.1, -0.05) is 131 Å². The van der Waals surface area contributed by atoms with Gasteiger partial charge in [-0.2, -0.15) is 0 Å². The number of hydrogen-bond acceptors (Lipinski definition) is 8. The predicted octanol–water partition coefficient (Wildman–Crippen LogP) is 6.19. The van der Waals surface area contributed by atoms with Crippen LogP contribution in [0.4, 0.5) is 5.69 Å². The molecule has 1 aliphatic heterocycles. The maximum atomic E-state index is 13.6. The Hall–Kier alpha value is -4.27. The fourth-order valence-corrected chi connectivity index (χ4v) is 8.70. The molecular weight excluding hydrogens is 744 g/mol. The average molecular weight is 786 g/mol. The molecule has 4 atom stereocenters. The van der Waals surface area contributed by atoms with Crippen molar-refractivity contribution in [1.82, 2.24) is 9.62 Å². The molecule has 6 rings (SSSR count). The van der Waals surface area contributed by atoms with E-state index in [-0.39, 0.29) is 37.8 Å². The van der Waals surface area contributed by atoms with Gasteiger partial charge in [-0.25, -0.2) is 13.1 Å². The molecule has 0 amide bonds. The minimum absolute atomic E-state index is 0.0266. The van der Waals surface area contributed by atoms with Gasteiger partial charge in [-0.3, -0.25) is 15.0 Å². The van der Waals surface area contributed by atoms with Crippen LogP contribution in [0.5, 0.6) is 0 Å². The Morgan fingerprint density at radius 3 is 1.87 bits per heavy atom. The zero-order chi connectivity index (χ0) is 36.7. The fourth-order valence-electron chi connectivity index (χ4n) is 7.21. The minimum atomic E-state index is -4.26. The third-order valence-electron chi connectivity index (χ3n) is 9.77. The van der Waals surface area contributed by atoms with Gasteiger partial charge in [0.25, 0.3) is 5.69 Å². The number of nitro benzene ring substituents is 1. The van der Waals surface area contributed by atoms with Crippen molar-refractivity contribution < 1.29 is 23.2 Å². The van der Waals surface area contributed by atoms with E-state index < -0.39 is 37.2 Å². The lowest BCUT2D eigenvalue weighted by molar-refractivity contribution is -0.387. The molecule has 0 aromatic heterocycles. The van der Waals surface area contributed by atoms with Crippen LogP contribution in [0.2, 0.25) is 0 Å². The molecule has 1 heterocycles. The zero-order valence-electron chi connectivity index (χ0n) is 28.4. The molecule has 1 aliphatic rings. The van der Waals surface area contributed by atoms with Gasteiger partial charge >= 0.3 is 0 Å². The van der Waals surface area contributed by atoms with Gasteiger partial charge in [-0.05, 0) is 46.9 Å². The van der Waals surface area contributed by atoms with E-state index in [9.17, 15) is 23.6 Å². The number of rotatable bonds is 16. The van der Waals surface area contributed by atoms with Crippen LogP contribution in [0.25, 0.3) is 0 Å². The number of nitrogens with one attached hydrogen (secondary N) is 1. The fraction of sp³-hybridized carbons (Fsp3) is 0.250. The van der Waals surface area contributed by atoms with Crippen LogP contribution in [-0.4, -0.2) is 67.8 Å². The lowest BCUT2D eigenvalue weighted by atomic mass is 9.74. The number of likely N-dealkylation sites (tertiary alicyclic amines) is 1. The van der Waals surface area contributed by atoms with Gasteiger partial charge in [0, 0.05) is 47.7 Å². The first-order chi connectivity index (χ1) is 25.2. The molecule has 1 saturated heterocycles. The molecule has 0 unspecified atom stereocenters. The van der Waals surface area contributed by atoms with Crippen molar-refractivity contribution in [3.05, 3.63) is 176 Å². The summed E-state index contributed by atoms with van der Waals surface area (Å²) in [6, 6.07) is 42.4. The van der Waals surface area contributed by atoms with Crippen molar-refractivity contribution in [2.45, 2.75) is 41.0 Å². The Morgan fingerprint density at radius 1 is 0.827 bits per heavy atom. The number of nitrogens with two attached hydrogens (primary N) is 1. The van der Waals surface area contributed by atoms with Gasteiger partial charge in [0.2, 0.25) is 10.0 Å². The number of ether oxygens (including phenoxy) is 1. The maximum absolute atomic E-state index is 13.6. The van der Waals surface area contributed by atoms with E-state index in [4.69, 9.17) is 10.5 Å². The highest BCUT2D eigenvalue weighted by molar-refractivity contribution is 9.10. The van der Waals surface area contributed by atoms with Gasteiger partial charge < -0.3 is 15.6 Å². The van der Waals surface area contributed by atoms with E-state index in [2.05, 4.69) is 62.0 Å². The van der Waals surface area contributed by atoms with Gasteiger partial charge in [0.15, 0.2) is 4.90 Å². The molecule has 0 radical (unpaired) electrons. The Balaban J connectivity index is 1.40. The average Bonchev–Trinajstić information content (AvgIpc) is 3.17. The van der Waals surface area contributed by atoms with Crippen molar-refractivity contribution in [1.29, 1.82) is 0 Å². The van der Waals surface area contributed by atoms with Gasteiger partial charge in [0.1, 0.15) is 5.60 Å². The second-order valence-electron chi connectivity index (χ2n) is 12.8. The van der Waals surface area contributed by atoms with Crippen LogP contribution in [-0.2, 0) is 20.4 Å². The van der Waals surface area contributed by atoms with Crippen molar-refractivity contribution in [2.24, 2.45) is 5.73 Å². The first-order valence-electron chi connectivity index (χ1n) is 17.1. The lowest BCUT2D eigenvalue weighted by Gasteiger charge is -2.56. The molecule has 270 valence electrons. The summed E-state index contributed by atoms with van der Waals surface area (Å²) < 4.78 is 38.1. The Bertz CT molecular complexity index is 1940. The van der Waals surface area contributed by atoms with Crippen LogP contribution in [0, 0.1) is 10.1 Å². The number of para-hydroxylation sites is 1. The monoisotopic (exact) mass is 784 g/mol. The molecule has 5 aromatic rings. The molecule has 52 heavy (non-hydrogen) atoms. The highest BCUT2D eigenvalue weighted by Crippen LogP contribution is 2.45. The number of nitrogens with zero attached hydrogens (tertiary/aromatic N) is 2. The molecular formula is C40H41BrN4O6S. The molecule has 0 saturated carbocycles. The van der Waals surface area contributed by atoms with Crippen molar-refractivity contribution >= 4 is 31.6 Å². The summed E-state index contributed by atoms with van der Waals surface area (Å²) in [5.74, 6) is -0.202. The standard InChI is InChI=1S/C40H41BrN4O6S/c41-33-22-20-29(21-23-33)39-36(26-43-52(49,50)38-19-11-10-18-35(38)45(47)48)44(25-24-34(42)27-46)37(39)28-51-40(30-12-4-1-5-13-30,31-14-6-2-7-15-31)32-16-8-3-9-17-32/h1-23,34,36-37,39,43,46H,24-28,42H2/t34-,36-,37+,39+/m0/s1. The lowest BCUT2D eigenvalue weighted by Crippen LogP contribution is -2.67. The molecule has 0 spiro atoms. The van der Waals surface area contributed by atoms with Crippen molar-refractivity contribution in [3.8, 4) is 0 Å². The minimum Gasteiger partial charge on any atom is -0.395 e. The number of aliphatic hydroxyl groups excluding tert-OH is 1. The summed E-state index contributed by atoms with van der Waals surface area (Å²) in [4.78, 5) is 12.8. The Kier molecular flexibility index (Phi) is 12.0. The molecule has 12 heteroatoms. The third kappa shape index (κ3) is 7.88. The summed E-state index contributed by atoms with van der Waals surface area (Å²) in [6.45, 7) is 0.483. The number of aliphatic hydroxyl groups is 1. The van der Waals surface area contributed by atoms with E-state index >= 15 is 0 Å². The number of hydrogen-bond donors (Lipinski definition) is 3. The molecule has 0 bridgehead atoms. The predicted molar refractivity (Wildman–Crippen MR) is 204 cm³/mol. The van der Waals surface area contributed by atoms with Gasteiger partial charge in [0.05, 0.1) is 18.1 Å². The van der Waals surface area contributed by atoms with Crippen LogP contribution in [0.1, 0.15) is 34.6 Å². The molecule has 5 aromatic carbocycles. The van der Waals surface area contributed by atoms with Crippen LogP contribution < -0.4 is 10.5 Å². The van der Waals surface area contributed by atoms with E-state index in [0.29, 0.717) is 13.0 Å². The second-order valence-corrected chi connectivity index (χ2v) is 15.5. The normalized spacial score (nSPS) is 18.4. The summed E-state index contributed by atoms with van der Waals surface area (Å²) in [7, 11) is -4.26. The second kappa shape index (κ2) is 16.6. The van der Waals surface area contributed by atoms with E-state index in [1.54, 1.807) is 0 Å². The van der Waals surface area contributed by atoms with E-state index in [1.807, 2.05) is 78.9 Å². The zero-order valence-corrected chi connectivity index (χ0v) is 30.8. The highest BCUT2D eigenvalue weighted by atomic mass is 79.9. The van der Waals surface area contributed by atoms with Crippen molar-refractivity contribution in [3.63, 3.8) is 0 Å². The maximum Gasteiger partial charge on any atom is 0.289 e. The smallest absolute Gasteiger partial charge is 0.289 e. The number of benzene rings is 5. The molecule has 4 N–H and O–H groups in total. The largest absolute Gasteiger partial charge is 0.395 e. The summed E-state index contributed by atoms with van der Waals surface area (Å²) >= 11 is 3.54. The summed E-state index contributed by atoms with van der Waals surface area (Å²) in [5.41, 5.74) is 8.56.